The fourth-order valence-corrected chi connectivity index (χ4v) is 8.24. The molecule has 312 valence electrons. The maximum absolute atomic E-state index is 14.2. The van der Waals surface area contributed by atoms with Crippen molar-refractivity contribution in [2.45, 2.75) is 44.6 Å². The quantitative estimate of drug-likeness (QED) is 0.0869. The van der Waals surface area contributed by atoms with Gasteiger partial charge in [0, 0.05) is 36.5 Å². The summed E-state index contributed by atoms with van der Waals surface area (Å²) >= 11 is 0. The number of likely N-dealkylation sites (tertiary alicyclic amines) is 2. The largest absolute Gasteiger partial charge is 0.493 e. The predicted molar refractivity (Wildman–Crippen MR) is 225 cm³/mol. The molecular formula is C46H54N4O9. The van der Waals surface area contributed by atoms with E-state index in [1.807, 2.05) is 52.8 Å². The molecule has 4 aromatic rings. The topological polar surface area (TPSA) is 142 Å². The van der Waals surface area contributed by atoms with Crippen LogP contribution >= 0.6 is 0 Å². The Morgan fingerprint density at radius 2 is 1.49 bits per heavy atom. The average Bonchev–Trinajstić information content (AvgIpc) is 3.89. The Hall–Kier alpha value is -6.08. The number of hydrogen-bond donors (Lipinski definition) is 1. The molecule has 1 atom stereocenters. The van der Waals surface area contributed by atoms with E-state index in [0.29, 0.717) is 72.6 Å². The zero-order chi connectivity index (χ0) is 42.1. The second-order valence-corrected chi connectivity index (χ2v) is 15.0. The molecule has 13 nitrogen and oxygen atoms in total. The zero-order valence-electron chi connectivity index (χ0n) is 34.7. The monoisotopic (exact) mass is 806 g/mol. The summed E-state index contributed by atoms with van der Waals surface area (Å²) in [5.74, 6) is 1.65. The molecule has 2 fully saturated rings. The number of aromatic carboxylic acids is 1. The molecular weight excluding hydrogens is 753 g/mol. The third-order valence-corrected chi connectivity index (χ3v) is 11.6. The SMILES string of the molecule is C/C=C\C=C/c1cnc(C(=O)C2CCN(CCC3(c4ccc(OC)c(OC)c4)CCN(C(=O)c4cc(OC)c(OC)c(OC)c4)C3)CC2)n1Cc1ccc(C(=O)O)cc1. The van der Waals surface area contributed by atoms with Gasteiger partial charge >= 0.3 is 5.97 Å². The van der Waals surface area contributed by atoms with Gasteiger partial charge in [0.25, 0.3) is 5.91 Å². The molecule has 2 aliphatic rings. The maximum Gasteiger partial charge on any atom is 0.335 e. The van der Waals surface area contributed by atoms with Crippen molar-refractivity contribution in [2.24, 2.45) is 5.92 Å². The highest BCUT2D eigenvalue weighted by Crippen LogP contribution is 2.43. The Balaban J connectivity index is 1.18. The first-order valence-electron chi connectivity index (χ1n) is 19.8. The molecule has 0 saturated carbocycles. The second kappa shape index (κ2) is 19.1. The number of hydrogen-bond acceptors (Lipinski definition) is 10. The Kier molecular flexibility index (Phi) is 13.8. The van der Waals surface area contributed by atoms with E-state index in [2.05, 4.69) is 16.0 Å². The second-order valence-electron chi connectivity index (χ2n) is 15.0. The first-order valence-corrected chi connectivity index (χ1v) is 19.8. The van der Waals surface area contributed by atoms with E-state index < -0.39 is 5.97 Å². The van der Waals surface area contributed by atoms with E-state index in [0.717, 1.165) is 49.3 Å². The number of amides is 1. The van der Waals surface area contributed by atoms with Crippen LogP contribution in [-0.4, -0.2) is 110 Å². The lowest BCUT2D eigenvalue weighted by molar-refractivity contribution is 0.0695. The molecule has 1 amide bonds. The van der Waals surface area contributed by atoms with Gasteiger partial charge in [0.15, 0.2) is 28.8 Å². The third kappa shape index (κ3) is 9.30. The number of imidazole rings is 1. The number of aromatic nitrogens is 2. The van der Waals surface area contributed by atoms with Crippen molar-refractivity contribution >= 4 is 23.7 Å². The van der Waals surface area contributed by atoms with Gasteiger partial charge in [-0.05, 0) is 106 Å². The number of carbonyl (C=O) groups is 3. The molecule has 0 spiro atoms. The molecule has 3 heterocycles. The van der Waals surface area contributed by atoms with Gasteiger partial charge in [0.05, 0.1) is 53.0 Å². The Bertz CT molecular complexity index is 2160. The number of carboxylic acid groups (broad SMARTS) is 1. The third-order valence-electron chi connectivity index (χ3n) is 11.6. The smallest absolute Gasteiger partial charge is 0.335 e. The number of ether oxygens (including phenoxy) is 5. The maximum atomic E-state index is 14.2. The highest BCUT2D eigenvalue weighted by Gasteiger charge is 2.43. The van der Waals surface area contributed by atoms with Crippen molar-refractivity contribution in [3.05, 3.63) is 113 Å². The number of benzene rings is 3. The Morgan fingerprint density at radius 1 is 0.814 bits per heavy atom. The summed E-state index contributed by atoms with van der Waals surface area (Å²) in [7, 11) is 7.84. The molecule has 0 radical (unpaired) electrons. The molecule has 2 saturated heterocycles. The van der Waals surface area contributed by atoms with Crippen LogP contribution in [0.3, 0.4) is 0 Å². The molecule has 1 unspecified atom stereocenters. The highest BCUT2D eigenvalue weighted by atomic mass is 16.5. The van der Waals surface area contributed by atoms with Crippen molar-refractivity contribution in [2.75, 3.05) is 68.3 Å². The molecule has 6 rings (SSSR count). The van der Waals surface area contributed by atoms with Crippen LogP contribution in [0.4, 0.5) is 0 Å². The summed E-state index contributed by atoms with van der Waals surface area (Å²) in [5, 5.41) is 9.37. The van der Waals surface area contributed by atoms with Crippen LogP contribution in [0.25, 0.3) is 6.08 Å². The standard InChI is InChI=1S/C46H54N4O9/c1-7-8-9-10-36-28-47-43(50(36)29-31-11-13-33(14-12-31)45(53)54)41(51)32-17-21-48(22-18-32)23-19-46(35-15-16-37(55-2)38(27-35)56-3)20-24-49(30-46)44(52)34-25-39(57-4)42(59-6)40(26-34)58-5/h7-16,25-28,32H,17-24,29-30H2,1-6H3,(H,53,54)/b8-7-,10-9-. The van der Waals surface area contributed by atoms with E-state index in [1.54, 1.807) is 56.8 Å². The van der Waals surface area contributed by atoms with Crippen LogP contribution in [-0.2, 0) is 12.0 Å². The number of carboxylic acids is 1. The van der Waals surface area contributed by atoms with Crippen molar-refractivity contribution in [1.29, 1.82) is 0 Å². The van der Waals surface area contributed by atoms with Gasteiger partial charge in [0.2, 0.25) is 11.5 Å². The molecule has 0 aliphatic carbocycles. The number of Topliss-reactive ketones (excluding diaryl/α,β-unsaturated/α-hetero) is 1. The predicted octanol–water partition coefficient (Wildman–Crippen LogP) is 7.03. The molecule has 59 heavy (non-hydrogen) atoms. The van der Waals surface area contributed by atoms with E-state index in [-0.39, 0.29) is 28.6 Å². The molecule has 13 heteroatoms. The lowest BCUT2D eigenvalue weighted by Gasteiger charge is -2.36. The van der Waals surface area contributed by atoms with Crippen LogP contribution in [0.2, 0.25) is 0 Å². The van der Waals surface area contributed by atoms with Crippen LogP contribution in [0.5, 0.6) is 28.7 Å². The van der Waals surface area contributed by atoms with Crippen molar-refractivity contribution in [3.63, 3.8) is 0 Å². The average molecular weight is 807 g/mol. The normalized spacial score (nSPS) is 17.4. The first kappa shape index (κ1) is 42.5. The molecule has 1 N–H and O–H groups in total. The number of ketones is 1. The molecule has 2 aliphatic heterocycles. The number of piperidine rings is 1. The lowest BCUT2D eigenvalue weighted by atomic mass is 9.76. The number of allylic oxidation sites excluding steroid dienone is 3. The van der Waals surface area contributed by atoms with Crippen molar-refractivity contribution in [3.8, 4) is 28.7 Å². The van der Waals surface area contributed by atoms with E-state index >= 15 is 0 Å². The minimum Gasteiger partial charge on any atom is -0.493 e. The molecule has 1 aromatic heterocycles. The molecule has 3 aromatic carbocycles. The summed E-state index contributed by atoms with van der Waals surface area (Å²) in [5.41, 5.74) is 3.03. The van der Waals surface area contributed by atoms with Gasteiger partial charge in [-0.1, -0.05) is 36.4 Å². The summed E-state index contributed by atoms with van der Waals surface area (Å²) in [6.45, 7) is 5.65. The summed E-state index contributed by atoms with van der Waals surface area (Å²) in [6.07, 6.45) is 12.3. The summed E-state index contributed by atoms with van der Waals surface area (Å²) in [6, 6.07) is 16.1. The first-order chi connectivity index (χ1) is 28.6. The number of rotatable bonds is 17. The van der Waals surface area contributed by atoms with Crippen molar-refractivity contribution in [1.82, 2.24) is 19.4 Å². The van der Waals surface area contributed by atoms with Crippen LogP contribution in [0.1, 0.15) is 80.8 Å². The fraction of sp³-hybridized carbons (Fsp3) is 0.391. The summed E-state index contributed by atoms with van der Waals surface area (Å²) < 4.78 is 29.8. The minimum absolute atomic E-state index is 0.0102. The lowest BCUT2D eigenvalue weighted by Crippen LogP contribution is -2.41. The Morgan fingerprint density at radius 3 is 2.10 bits per heavy atom. The van der Waals surface area contributed by atoms with E-state index in [4.69, 9.17) is 23.7 Å². The van der Waals surface area contributed by atoms with E-state index in [9.17, 15) is 19.5 Å². The van der Waals surface area contributed by atoms with Crippen LogP contribution in [0, 0.1) is 5.92 Å². The highest BCUT2D eigenvalue weighted by molar-refractivity contribution is 5.96. The van der Waals surface area contributed by atoms with Gasteiger partial charge in [-0.3, -0.25) is 9.59 Å². The van der Waals surface area contributed by atoms with Gasteiger partial charge in [0.1, 0.15) is 0 Å². The van der Waals surface area contributed by atoms with E-state index in [1.165, 1.54) is 21.3 Å². The minimum atomic E-state index is -0.986. The van der Waals surface area contributed by atoms with Crippen molar-refractivity contribution < 1.29 is 43.2 Å². The Labute approximate surface area is 345 Å². The van der Waals surface area contributed by atoms with Gasteiger partial charge in [-0.25, -0.2) is 9.78 Å². The molecule has 0 bridgehead atoms. The number of methoxy groups -OCH3 is 5. The van der Waals surface area contributed by atoms with Crippen LogP contribution in [0.15, 0.2) is 79.0 Å². The van der Waals surface area contributed by atoms with Gasteiger partial charge in [-0.2, -0.15) is 0 Å². The number of carbonyl (C=O) groups excluding carboxylic acids is 2. The summed E-state index contributed by atoms with van der Waals surface area (Å²) in [4.78, 5) is 48.6. The van der Waals surface area contributed by atoms with Gasteiger partial charge < -0.3 is 43.2 Å². The zero-order valence-corrected chi connectivity index (χ0v) is 34.7. The fourth-order valence-electron chi connectivity index (χ4n) is 8.24. The number of nitrogens with zero attached hydrogens (tertiary/aromatic N) is 4. The van der Waals surface area contributed by atoms with Crippen LogP contribution < -0.4 is 23.7 Å². The van der Waals surface area contributed by atoms with Gasteiger partial charge in [-0.15, -0.1) is 0 Å².